The maximum absolute atomic E-state index is 12.8. The van der Waals surface area contributed by atoms with Crippen molar-refractivity contribution in [1.82, 2.24) is 9.88 Å². The van der Waals surface area contributed by atoms with Crippen LogP contribution < -0.4 is 5.32 Å². The molecule has 0 bridgehead atoms. The van der Waals surface area contributed by atoms with Gasteiger partial charge in [0.15, 0.2) is 0 Å². The molecule has 0 radical (unpaired) electrons. The van der Waals surface area contributed by atoms with E-state index in [4.69, 9.17) is 4.74 Å². The van der Waals surface area contributed by atoms with Crippen LogP contribution in [0.1, 0.15) is 32.1 Å². The highest BCUT2D eigenvalue weighted by Crippen LogP contribution is 2.26. The van der Waals surface area contributed by atoms with Gasteiger partial charge in [-0.1, -0.05) is 30.3 Å². The maximum atomic E-state index is 12.8. The molecule has 5 rings (SSSR count). The summed E-state index contributed by atoms with van der Waals surface area (Å²) in [5.74, 6) is 0.0557. The molecule has 2 aromatic carbocycles. The Morgan fingerprint density at radius 1 is 0.969 bits per heavy atom. The fourth-order valence-electron chi connectivity index (χ4n) is 4.71. The highest BCUT2D eigenvalue weighted by atomic mass is 16.5. The van der Waals surface area contributed by atoms with Crippen molar-refractivity contribution in [2.24, 2.45) is 5.92 Å². The fourth-order valence-corrected chi connectivity index (χ4v) is 4.71. The Bertz CT molecular complexity index is 1060. The summed E-state index contributed by atoms with van der Waals surface area (Å²) < 4.78 is 5.63. The first-order valence-electron chi connectivity index (χ1n) is 11.6. The number of aromatic nitrogens is 1. The zero-order chi connectivity index (χ0) is 21.9. The molecule has 1 atom stereocenters. The van der Waals surface area contributed by atoms with Crippen LogP contribution in [0.4, 0.5) is 5.69 Å². The molecule has 2 fully saturated rings. The number of carbonyl (C=O) groups is 2. The smallest absolute Gasteiger partial charge is 0.251 e. The second kappa shape index (κ2) is 9.17. The topological polar surface area (TPSA) is 74.4 Å². The standard InChI is InChI=1S/C26H29N3O3/c30-25(19-12-14-29(15-13-19)26(31)24-7-3-4-16-32-24)27-21-10-8-18(9-11-21)23-17-20-5-1-2-6-22(20)28-23/h1-2,5-6,8-11,17,19,24,28H,3-4,7,12-16H2,(H,27,30). The molecule has 0 spiro atoms. The third-order valence-electron chi connectivity index (χ3n) is 6.63. The molecule has 32 heavy (non-hydrogen) atoms. The first kappa shape index (κ1) is 20.8. The normalized spacial score (nSPS) is 19.8. The van der Waals surface area contributed by atoms with E-state index >= 15 is 0 Å². The van der Waals surface area contributed by atoms with E-state index in [0.29, 0.717) is 32.5 Å². The molecule has 6 heteroatoms. The van der Waals surface area contributed by atoms with Gasteiger partial charge in [0.2, 0.25) is 5.91 Å². The van der Waals surface area contributed by atoms with E-state index in [1.807, 2.05) is 41.3 Å². The SMILES string of the molecule is O=C(Nc1ccc(-c2cc3ccccc3[nH]2)cc1)C1CCN(C(=O)C2CCCCO2)CC1. The molecule has 2 saturated heterocycles. The lowest BCUT2D eigenvalue weighted by atomic mass is 9.95. The number of hydrogen-bond acceptors (Lipinski definition) is 3. The molecule has 1 unspecified atom stereocenters. The molecular weight excluding hydrogens is 402 g/mol. The Hall–Kier alpha value is -3.12. The van der Waals surface area contributed by atoms with Gasteiger partial charge in [-0.3, -0.25) is 9.59 Å². The number of carbonyl (C=O) groups excluding carboxylic acids is 2. The quantitative estimate of drug-likeness (QED) is 0.635. The van der Waals surface area contributed by atoms with Gasteiger partial charge in [-0.25, -0.2) is 0 Å². The number of amides is 2. The van der Waals surface area contributed by atoms with Crippen LogP contribution in [0.25, 0.3) is 22.2 Å². The molecule has 0 aliphatic carbocycles. The van der Waals surface area contributed by atoms with E-state index in [1.54, 1.807) is 0 Å². The van der Waals surface area contributed by atoms with Gasteiger partial charge in [-0.05, 0) is 61.9 Å². The van der Waals surface area contributed by atoms with Gasteiger partial charge in [0.05, 0.1) is 0 Å². The van der Waals surface area contributed by atoms with Crippen LogP contribution in [0.3, 0.4) is 0 Å². The van der Waals surface area contributed by atoms with Gasteiger partial charge in [-0.2, -0.15) is 0 Å². The van der Waals surface area contributed by atoms with Crippen LogP contribution in [0, 0.1) is 5.92 Å². The Morgan fingerprint density at radius 2 is 1.75 bits per heavy atom. The van der Waals surface area contributed by atoms with E-state index in [-0.39, 0.29) is 23.8 Å². The predicted octanol–water partition coefficient (Wildman–Crippen LogP) is 4.58. The predicted molar refractivity (Wildman–Crippen MR) is 125 cm³/mol. The number of likely N-dealkylation sites (tertiary alicyclic amines) is 1. The number of fused-ring (bicyclic) bond motifs is 1. The van der Waals surface area contributed by atoms with Crippen molar-refractivity contribution >= 4 is 28.4 Å². The molecule has 2 amide bonds. The van der Waals surface area contributed by atoms with Gasteiger partial charge in [-0.15, -0.1) is 0 Å². The number of H-pyrrole nitrogens is 1. The minimum absolute atomic E-state index is 0.0318. The third kappa shape index (κ3) is 4.41. The van der Waals surface area contributed by atoms with Crippen molar-refractivity contribution < 1.29 is 14.3 Å². The van der Waals surface area contributed by atoms with Crippen LogP contribution in [0.5, 0.6) is 0 Å². The number of benzene rings is 2. The minimum atomic E-state index is -0.287. The van der Waals surface area contributed by atoms with Gasteiger partial charge >= 0.3 is 0 Å². The lowest BCUT2D eigenvalue weighted by Gasteiger charge is -2.34. The number of para-hydroxylation sites is 1. The van der Waals surface area contributed by atoms with Gasteiger partial charge in [0.25, 0.3) is 5.91 Å². The summed E-state index contributed by atoms with van der Waals surface area (Å²) in [6.45, 7) is 1.92. The highest BCUT2D eigenvalue weighted by Gasteiger charge is 2.32. The molecule has 6 nitrogen and oxygen atoms in total. The van der Waals surface area contributed by atoms with Crippen molar-refractivity contribution in [1.29, 1.82) is 0 Å². The van der Waals surface area contributed by atoms with Crippen molar-refractivity contribution in [3.63, 3.8) is 0 Å². The summed E-state index contributed by atoms with van der Waals surface area (Å²) in [5, 5.41) is 4.23. The maximum Gasteiger partial charge on any atom is 0.251 e. The van der Waals surface area contributed by atoms with Crippen LogP contribution >= 0.6 is 0 Å². The van der Waals surface area contributed by atoms with E-state index in [1.165, 1.54) is 5.39 Å². The van der Waals surface area contributed by atoms with Crippen LogP contribution in [0.15, 0.2) is 54.6 Å². The Kier molecular flexibility index (Phi) is 5.95. The molecule has 2 aliphatic heterocycles. The number of aromatic amines is 1. The molecule has 0 saturated carbocycles. The summed E-state index contributed by atoms with van der Waals surface area (Å²) in [4.78, 5) is 30.7. The summed E-state index contributed by atoms with van der Waals surface area (Å²) in [7, 11) is 0. The molecule has 3 aromatic rings. The van der Waals surface area contributed by atoms with Crippen LogP contribution in [-0.4, -0.2) is 47.5 Å². The number of anilines is 1. The van der Waals surface area contributed by atoms with Crippen molar-refractivity contribution in [3.8, 4) is 11.3 Å². The first-order chi connectivity index (χ1) is 15.7. The van der Waals surface area contributed by atoms with E-state index in [9.17, 15) is 9.59 Å². The zero-order valence-corrected chi connectivity index (χ0v) is 18.2. The lowest BCUT2D eigenvalue weighted by molar-refractivity contribution is -0.148. The summed E-state index contributed by atoms with van der Waals surface area (Å²) in [6, 6.07) is 18.3. The molecule has 1 aromatic heterocycles. The second-order valence-corrected chi connectivity index (χ2v) is 8.79. The molecule has 166 valence electrons. The van der Waals surface area contributed by atoms with Gasteiger partial charge in [0, 0.05) is 47.9 Å². The minimum Gasteiger partial charge on any atom is -0.368 e. The summed E-state index contributed by atoms with van der Waals surface area (Å²) >= 11 is 0. The number of hydrogen-bond donors (Lipinski definition) is 2. The Labute approximate surface area is 187 Å². The summed E-state index contributed by atoms with van der Waals surface area (Å²) in [6.07, 6.45) is 4.00. The highest BCUT2D eigenvalue weighted by molar-refractivity contribution is 5.93. The van der Waals surface area contributed by atoms with E-state index < -0.39 is 0 Å². The largest absolute Gasteiger partial charge is 0.368 e. The monoisotopic (exact) mass is 431 g/mol. The Balaban J connectivity index is 1.15. The Morgan fingerprint density at radius 3 is 2.47 bits per heavy atom. The second-order valence-electron chi connectivity index (χ2n) is 8.79. The average Bonchev–Trinajstić information content (AvgIpc) is 3.29. The molecular formula is C26H29N3O3. The number of ether oxygens (including phenoxy) is 1. The third-order valence-corrected chi connectivity index (χ3v) is 6.63. The van der Waals surface area contributed by atoms with Crippen LogP contribution in [-0.2, 0) is 14.3 Å². The number of nitrogens with zero attached hydrogens (tertiary/aromatic N) is 1. The average molecular weight is 432 g/mol. The van der Waals surface area contributed by atoms with Crippen molar-refractivity contribution in [2.45, 2.75) is 38.2 Å². The van der Waals surface area contributed by atoms with E-state index in [2.05, 4.69) is 28.5 Å². The lowest BCUT2D eigenvalue weighted by Crippen LogP contribution is -2.47. The summed E-state index contributed by atoms with van der Waals surface area (Å²) in [5.41, 5.74) is 4.04. The first-order valence-corrected chi connectivity index (χ1v) is 11.6. The molecule has 2 N–H and O–H groups in total. The van der Waals surface area contributed by atoms with Gasteiger partial charge in [0.1, 0.15) is 6.10 Å². The molecule has 2 aliphatic rings. The van der Waals surface area contributed by atoms with Crippen molar-refractivity contribution in [3.05, 3.63) is 54.6 Å². The van der Waals surface area contributed by atoms with Gasteiger partial charge < -0.3 is 19.9 Å². The number of piperidine rings is 1. The van der Waals surface area contributed by atoms with Crippen LogP contribution in [0.2, 0.25) is 0 Å². The fraction of sp³-hybridized carbons (Fsp3) is 0.385. The molecule has 3 heterocycles. The number of rotatable bonds is 4. The van der Waals surface area contributed by atoms with E-state index in [0.717, 1.165) is 41.7 Å². The zero-order valence-electron chi connectivity index (χ0n) is 18.2. The van der Waals surface area contributed by atoms with Crippen molar-refractivity contribution in [2.75, 3.05) is 25.0 Å². The number of nitrogens with one attached hydrogen (secondary N) is 2.